The average Bonchev–Trinajstić information content (AvgIpc) is 2.69. The van der Waals surface area contributed by atoms with Gasteiger partial charge in [0.15, 0.2) is 0 Å². The van der Waals surface area contributed by atoms with Crippen molar-refractivity contribution in [1.82, 2.24) is 4.31 Å². The predicted octanol–water partition coefficient (Wildman–Crippen LogP) is 4.14. The number of hydrogen-bond acceptors (Lipinski definition) is 4. The van der Waals surface area contributed by atoms with Gasteiger partial charge in [-0.1, -0.05) is 6.42 Å². The van der Waals surface area contributed by atoms with Crippen LogP contribution in [0.3, 0.4) is 0 Å². The van der Waals surface area contributed by atoms with Crippen LogP contribution < -0.4 is 5.32 Å². The third-order valence-electron chi connectivity index (χ3n) is 4.81. The van der Waals surface area contributed by atoms with E-state index in [1.807, 2.05) is 13.0 Å². The normalized spacial score (nSPS) is 17.7. The summed E-state index contributed by atoms with van der Waals surface area (Å²) in [6, 6.07) is 12.9. The predicted molar refractivity (Wildman–Crippen MR) is 110 cm³/mol. The van der Waals surface area contributed by atoms with Crippen LogP contribution in [-0.4, -0.2) is 31.2 Å². The SMILES string of the molecule is C[C@H]1CCCCN1S(=O)(=O)c1ccc(NC(=O)c2ccc(Br)c(C#N)c2)cc1. The van der Waals surface area contributed by atoms with Gasteiger partial charge in [-0.25, -0.2) is 8.42 Å². The molecule has 1 aliphatic heterocycles. The molecule has 0 unspecified atom stereocenters. The van der Waals surface area contributed by atoms with E-state index in [2.05, 4.69) is 21.2 Å². The third kappa shape index (κ3) is 4.27. The molecule has 0 bridgehead atoms. The lowest BCUT2D eigenvalue weighted by Crippen LogP contribution is -2.41. The maximum Gasteiger partial charge on any atom is 0.255 e. The summed E-state index contributed by atoms with van der Waals surface area (Å²) in [6.45, 7) is 2.46. The Morgan fingerprint density at radius 2 is 1.93 bits per heavy atom. The Hall–Kier alpha value is -2.21. The average molecular weight is 462 g/mol. The molecule has 3 rings (SSSR count). The molecule has 0 aromatic heterocycles. The number of anilines is 1. The highest BCUT2D eigenvalue weighted by Crippen LogP contribution is 2.26. The summed E-state index contributed by atoms with van der Waals surface area (Å²) in [6.07, 6.45) is 2.78. The summed E-state index contributed by atoms with van der Waals surface area (Å²) in [4.78, 5) is 12.6. The minimum absolute atomic E-state index is 0.00939. The highest BCUT2D eigenvalue weighted by atomic mass is 79.9. The van der Waals surface area contributed by atoms with E-state index in [-0.39, 0.29) is 16.8 Å². The van der Waals surface area contributed by atoms with Crippen molar-refractivity contribution in [2.24, 2.45) is 0 Å². The smallest absolute Gasteiger partial charge is 0.255 e. The first kappa shape index (κ1) is 20.5. The van der Waals surface area contributed by atoms with E-state index in [0.717, 1.165) is 19.3 Å². The number of nitrogens with one attached hydrogen (secondary N) is 1. The number of nitrogens with zero attached hydrogens (tertiary/aromatic N) is 2. The van der Waals surface area contributed by atoms with Crippen LogP contribution in [0.2, 0.25) is 0 Å². The van der Waals surface area contributed by atoms with E-state index in [0.29, 0.717) is 27.8 Å². The van der Waals surface area contributed by atoms with E-state index >= 15 is 0 Å². The second-order valence-electron chi connectivity index (χ2n) is 6.75. The second-order valence-corrected chi connectivity index (χ2v) is 9.49. The van der Waals surface area contributed by atoms with Crippen molar-refractivity contribution in [3.05, 3.63) is 58.1 Å². The van der Waals surface area contributed by atoms with Crippen LogP contribution in [0.4, 0.5) is 5.69 Å². The van der Waals surface area contributed by atoms with Crippen molar-refractivity contribution in [1.29, 1.82) is 5.26 Å². The molecular formula is C20H20BrN3O3S. The zero-order chi connectivity index (χ0) is 20.3. The van der Waals surface area contributed by atoms with Crippen molar-refractivity contribution in [3.63, 3.8) is 0 Å². The largest absolute Gasteiger partial charge is 0.322 e. The molecule has 1 atom stereocenters. The van der Waals surface area contributed by atoms with Crippen LogP contribution in [0.1, 0.15) is 42.1 Å². The molecule has 0 spiro atoms. The van der Waals surface area contributed by atoms with Crippen LogP contribution in [0.25, 0.3) is 0 Å². The Labute approximate surface area is 173 Å². The lowest BCUT2D eigenvalue weighted by atomic mass is 10.1. The lowest BCUT2D eigenvalue weighted by Gasteiger charge is -2.32. The highest BCUT2D eigenvalue weighted by Gasteiger charge is 2.30. The molecule has 146 valence electrons. The topological polar surface area (TPSA) is 90.3 Å². The first-order chi connectivity index (χ1) is 13.3. The van der Waals surface area contributed by atoms with Gasteiger partial charge in [0.05, 0.1) is 10.5 Å². The van der Waals surface area contributed by atoms with Crippen LogP contribution in [-0.2, 0) is 10.0 Å². The molecule has 1 amide bonds. The molecule has 1 aliphatic rings. The zero-order valence-electron chi connectivity index (χ0n) is 15.4. The first-order valence-electron chi connectivity index (χ1n) is 8.96. The highest BCUT2D eigenvalue weighted by molar-refractivity contribution is 9.10. The number of sulfonamides is 1. The van der Waals surface area contributed by atoms with E-state index in [9.17, 15) is 13.2 Å². The molecule has 1 N–H and O–H groups in total. The molecule has 1 fully saturated rings. The van der Waals surface area contributed by atoms with Gasteiger partial charge < -0.3 is 5.32 Å². The number of amides is 1. The van der Waals surface area contributed by atoms with E-state index in [1.54, 1.807) is 28.6 Å². The molecule has 1 saturated heterocycles. The van der Waals surface area contributed by atoms with E-state index in [1.165, 1.54) is 18.2 Å². The van der Waals surface area contributed by atoms with Gasteiger partial charge in [-0.15, -0.1) is 0 Å². The molecule has 0 aliphatic carbocycles. The van der Waals surface area contributed by atoms with Gasteiger partial charge in [0.2, 0.25) is 10.0 Å². The van der Waals surface area contributed by atoms with E-state index in [4.69, 9.17) is 5.26 Å². The van der Waals surface area contributed by atoms with Crippen LogP contribution >= 0.6 is 15.9 Å². The first-order valence-corrected chi connectivity index (χ1v) is 11.2. The number of halogens is 1. The fourth-order valence-electron chi connectivity index (χ4n) is 3.23. The van der Waals surface area contributed by atoms with Crippen molar-refractivity contribution in [2.75, 3.05) is 11.9 Å². The van der Waals surface area contributed by atoms with Gasteiger partial charge in [-0.05, 0) is 78.2 Å². The standard InChI is InChI=1S/C20H20BrN3O3S/c1-14-4-2-3-11-24(14)28(26,27)18-8-6-17(7-9-18)23-20(25)15-5-10-19(21)16(12-15)13-22/h5-10,12,14H,2-4,11H2,1H3,(H,23,25)/t14-/m0/s1. The quantitative estimate of drug-likeness (QED) is 0.740. The summed E-state index contributed by atoms with van der Waals surface area (Å²) in [5, 5.41) is 11.8. The van der Waals surface area contributed by atoms with Gasteiger partial charge in [0, 0.05) is 28.3 Å². The zero-order valence-corrected chi connectivity index (χ0v) is 17.8. The fraction of sp³-hybridized carbons (Fsp3) is 0.300. The molecule has 0 radical (unpaired) electrons. The van der Waals surface area contributed by atoms with Crippen LogP contribution in [0.5, 0.6) is 0 Å². The molecule has 1 heterocycles. The molecule has 2 aromatic carbocycles. The molecule has 0 saturated carbocycles. The summed E-state index contributed by atoms with van der Waals surface area (Å²) in [5.41, 5.74) is 1.19. The van der Waals surface area contributed by atoms with Gasteiger partial charge in [-0.2, -0.15) is 9.57 Å². The maximum atomic E-state index is 12.9. The monoisotopic (exact) mass is 461 g/mol. The fourth-order valence-corrected chi connectivity index (χ4v) is 5.26. The van der Waals surface area contributed by atoms with Crippen molar-refractivity contribution < 1.29 is 13.2 Å². The number of nitriles is 1. The number of benzene rings is 2. The van der Waals surface area contributed by atoms with Crippen molar-refractivity contribution in [3.8, 4) is 6.07 Å². The molecule has 6 nitrogen and oxygen atoms in total. The summed E-state index contributed by atoms with van der Waals surface area (Å²) < 4.78 is 27.9. The number of hydrogen-bond donors (Lipinski definition) is 1. The number of piperidine rings is 1. The summed E-state index contributed by atoms with van der Waals surface area (Å²) in [5.74, 6) is -0.371. The van der Waals surface area contributed by atoms with Gasteiger partial charge >= 0.3 is 0 Å². The molecule has 2 aromatic rings. The molecule has 28 heavy (non-hydrogen) atoms. The Kier molecular flexibility index (Phi) is 6.18. The van der Waals surface area contributed by atoms with Gasteiger partial charge in [0.1, 0.15) is 6.07 Å². The maximum absolute atomic E-state index is 12.9. The van der Waals surface area contributed by atoms with Crippen LogP contribution in [0.15, 0.2) is 51.8 Å². The van der Waals surface area contributed by atoms with E-state index < -0.39 is 10.0 Å². The number of carbonyl (C=O) groups is 1. The number of rotatable bonds is 4. The Morgan fingerprint density at radius 1 is 1.21 bits per heavy atom. The minimum Gasteiger partial charge on any atom is -0.322 e. The van der Waals surface area contributed by atoms with Gasteiger partial charge in [0.25, 0.3) is 5.91 Å². The Balaban J connectivity index is 1.76. The third-order valence-corrected chi connectivity index (χ3v) is 7.53. The lowest BCUT2D eigenvalue weighted by molar-refractivity contribution is 0.102. The minimum atomic E-state index is -3.54. The molecular weight excluding hydrogens is 442 g/mol. The van der Waals surface area contributed by atoms with Crippen molar-refractivity contribution in [2.45, 2.75) is 37.1 Å². The summed E-state index contributed by atoms with van der Waals surface area (Å²) >= 11 is 3.25. The summed E-state index contributed by atoms with van der Waals surface area (Å²) in [7, 11) is -3.54. The molecule has 8 heteroatoms. The number of carbonyl (C=O) groups excluding carboxylic acids is 1. The Bertz CT molecular complexity index is 1030. The Morgan fingerprint density at radius 3 is 2.57 bits per heavy atom. The van der Waals surface area contributed by atoms with Crippen molar-refractivity contribution >= 4 is 37.5 Å². The second kappa shape index (κ2) is 8.43. The van der Waals surface area contributed by atoms with Crippen LogP contribution in [0, 0.1) is 11.3 Å². The van der Waals surface area contributed by atoms with Gasteiger partial charge in [-0.3, -0.25) is 4.79 Å².